The van der Waals surface area contributed by atoms with Crippen LogP contribution in [0.3, 0.4) is 0 Å². The molecule has 0 bridgehead atoms. The first-order valence-corrected chi connectivity index (χ1v) is 9.49. The lowest BCUT2D eigenvalue weighted by Gasteiger charge is -2.14. The van der Waals surface area contributed by atoms with Crippen LogP contribution in [0.15, 0.2) is 53.5 Å². The van der Waals surface area contributed by atoms with Gasteiger partial charge in [0.1, 0.15) is 5.75 Å². The lowest BCUT2D eigenvalue weighted by Crippen LogP contribution is -2.38. The molecule has 2 aromatic rings. The molecule has 0 saturated heterocycles. The first-order valence-electron chi connectivity index (χ1n) is 9.49. The predicted molar refractivity (Wildman–Crippen MR) is 129 cm³/mol. The van der Waals surface area contributed by atoms with Gasteiger partial charge in [-0.15, -0.1) is 24.0 Å². The van der Waals surface area contributed by atoms with Crippen LogP contribution in [0.1, 0.15) is 23.6 Å². The molecule has 0 heterocycles. The van der Waals surface area contributed by atoms with E-state index in [2.05, 4.69) is 73.0 Å². The number of methoxy groups -OCH3 is 1. The molecule has 0 unspecified atom stereocenters. The van der Waals surface area contributed by atoms with Crippen LogP contribution in [0.4, 0.5) is 0 Å². The highest BCUT2D eigenvalue weighted by Gasteiger charge is 2.04. The summed E-state index contributed by atoms with van der Waals surface area (Å²) >= 11 is 0. The van der Waals surface area contributed by atoms with E-state index in [-0.39, 0.29) is 24.0 Å². The molecule has 28 heavy (non-hydrogen) atoms. The zero-order chi connectivity index (χ0) is 19.5. The van der Waals surface area contributed by atoms with Gasteiger partial charge in [-0.25, -0.2) is 4.99 Å². The number of nitrogens with zero attached hydrogens (tertiary/aromatic N) is 2. The molecule has 0 aliphatic carbocycles. The number of nitrogens with one attached hydrogen (secondary N) is 2. The summed E-state index contributed by atoms with van der Waals surface area (Å²) in [7, 11) is 5.86. The normalized spacial score (nSPS) is 11.1. The highest BCUT2D eigenvalue weighted by Crippen LogP contribution is 2.12. The fourth-order valence-corrected chi connectivity index (χ4v) is 2.83. The summed E-state index contributed by atoms with van der Waals surface area (Å²) in [6, 6.07) is 16.7. The Morgan fingerprint density at radius 2 is 1.68 bits per heavy atom. The number of rotatable bonds is 9. The summed E-state index contributed by atoms with van der Waals surface area (Å²) in [6.45, 7) is 5.35. The number of ether oxygens (including phenoxy) is 1. The van der Waals surface area contributed by atoms with Crippen LogP contribution in [0.2, 0.25) is 0 Å². The largest absolute Gasteiger partial charge is 0.497 e. The summed E-state index contributed by atoms with van der Waals surface area (Å²) in [6.07, 6.45) is 0.936. The van der Waals surface area contributed by atoms with Gasteiger partial charge < -0.3 is 20.3 Å². The van der Waals surface area contributed by atoms with E-state index in [4.69, 9.17) is 9.73 Å². The Bertz CT molecular complexity index is 717. The number of hydrogen-bond acceptors (Lipinski definition) is 3. The van der Waals surface area contributed by atoms with E-state index in [9.17, 15) is 0 Å². The molecule has 2 aromatic carbocycles. The van der Waals surface area contributed by atoms with Crippen LogP contribution >= 0.6 is 24.0 Å². The average Bonchev–Trinajstić information content (AvgIpc) is 2.67. The van der Waals surface area contributed by atoms with Crippen LogP contribution in [0, 0.1) is 0 Å². The second-order valence-electron chi connectivity index (χ2n) is 6.73. The summed E-state index contributed by atoms with van der Waals surface area (Å²) in [4.78, 5) is 6.95. The van der Waals surface area contributed by atoms with Crippen molar-refractivity contribution in [3.05, 3.63) is 65.2 Å². The van der Waals surface area contributed by atoms with E-state index in [0.29, 0.717) is 6.54 Å². The molecule has 5 nitrogen and oxygen atoms in total. The maximum atomic E-state index is 5.20. The molecule has 154 valence electrons. The highest BCUT2D eigenvalue weighted by atomic mass is 127. The van der Waals surface area contributed by atoms with Crippen molar-refractivity contribution in [2.45, 2.75) is 26.4 Å². The molecule has 0 fully saturated rings. The van der Waals surface area contributed by atoms with Gasteiger partial charge in [0.2, 0.25) is 0 Å². The first-order chi connectivity index (χ1) is 13.1. The summed E-state index contributed by atoms with van der Waals surface area (Å²) in [5.41, 5.74) is 3.86. The number of hydrogen-bond donors (Lipinski definition) is 2. The number of benzene rings is 2. The Morgan fingerprint density at radius 1 is 1.00 bits per heavy atom. The van der Waals surface area contributed by atoms with Gasteiger partial charge in [0, 0.05) is 19.6 Å². The van der Waals surface area contributed by atoms with Crippen LogP contribution < -0.4 is 15.4 Å². The van der Waals surface area contributed by atoms with Crippen LogP contribution in [-0.2, 0) is 19.5 Å². The summed E-state index contributed by atoms with van der Waals surface area (Å²) < 4.78 is 5.20. The molecule has 2 N–H and O–H groups in total. The van der Waals surface area contributed by atoms with Crippen LogP contribution in [-0.4, -0.2) is 45.2 Å². The SMILES string of the molecule is CCNC(=NCc1ccccc1CN(C)C)NCCc1ccc(OC)cc1.I. The van der Waals surface area contributed by atoms with E-state index in [0.717, 1.165) is 37.8 Å². The van der Waals surface area contributed by atoms with Crippen molar-refractivity contribution in [3.8, 4) is 5.75 Å². The smallest absolute Gasteiger partial charge is 0.191 e. The first kappa shape index (κ1) is 24.2. The van der Waals surface area contributed by atoms with Gasteiger partial charge in [-0.1, -0.05) is 36.4 Å². The minimum atomic E-state index is 0. The summed E-state index contributed by atoms with van der Waals surface area (Å²) in [5, 5.41) is 6.75. The fraction of sp³-hybridized carbons (Fsp3) is 0.409. The molecule has 0 radical (unpaired) electrons. The minimum Gasteiger partial charge on any atom is -0.497 e. The van der Waals surface area contributed by atoms with Gasteiger partial charge in [-0.2, -0.15) is 0 Å². The van der Waals surface area contributed by atoms with E-state index >= 15 is 0 Å². The monoisotopic (exact) mass is 496 g/mol. The third-order valence-corrected chi connectivity index (χ3v) is 4.22. The highest BCUT2D eigenvalue weighted by molar-refractivity contribution is 14.0. The molecule has 0 atom stereocenters. The molecule has 0 amide bonds. The molecule has 2 rings (SSSR count). The molecule has 0 spiro atoms. The lowest BCUT2D eigenvalue weighted by molar-refractivity contribution is 0.401. The Balaban J connectivity index is 0.00000392. The Kier molecular flexibility index (Phi) is 11.6. The maximum absolute atomic E-state index is 5.20. The number of aliphatic imine (C=N–C) groups is 1. The van der Waals surface area contributed by atoms with E-state index in [1.807, 2.05) is 12.1 Å². The second-order valence-corrected chi connectivity index (χ2v) is 6.73. The lowest BCUT2D eigenvalue weighted by atomic mass is 10.1. The van der Waals surface area contributed by atoms with E-state index in [1.54, 1.807) is 7.11 Å². The van der Waals surface area contributed by atoms with Crippen molar-refractivity contribution in [1.82, 2.24) is 15.5 Å². The molecular formula is C22H33IN4O. The molecular weight excluding hydrogens is 463 g/mol. The van der Waals surface area contributed by atoms with Crippen LogP contribution in [0.5, 0.6) is 5.75 Å². The molecule has 0 aliphatic rings. The van der Waals surface area contributed by atoms with Gasteiger partial charge in [0.25, 0.3) is 0 Å². The minimum absolute atomic E-state index is 0. The molecule has 0 aromatic heterocycles. The zero-order valence-corrected chi connectivity index (χ0v) is 19.7. The predicted octanol–water partition coefficient (Wildman–Crippen LogP) is 3.67. The van der Waals surface area contributed by atoms with E-state index < -0.39 is 0 Å². The standard InChI is InChI=1S/C22H32N4O.HI/c1-5-23-22(24-15-14-18-10-12-21(27-4)13-11-18)25-16-19-8-6-7-9-20(19)17-26(2)3;/h6-13H,5,14-17H2,1-4H3,(H2,23,24,25);1H. The van der Waals surface area contributed by atoms with Gasteiger partial charge in [-0.05, 0) is 56.3 Å². The van der Waals surface area contributed by atoms with Gasteiger partial charge >= 0.3 is 0 Å². The average molecular weight is 496 g/mol. The third-order valence-electron chi connectivity index (χ3n) is 4.22. The van der Waals surface area contributed by atoms with Gasteiger partial charge in [0.05, 0.1) is 13.7 Å². The second kappa shape index (κ2) is 13.4. The molecule has 6 heteroatoms. The van der Waals surface area contributed by atoms with E-state index in [1.165, 1.54) is 16.7 Å². The topological polar surface area (TPSA) is 48.9 Å². The van der Waals surface area contributed by atoms with Crippen molar-refractivity contribution >= 4 is 29.9 Å². The van der Waals surface area contributed by atoms with Crippen molar-refractivity contribution in [3.63, 3.8) is 0 Å². The molecule has 0 saturated carbocycles. The maximum Gasteiger partial charge on any atom is 0.191 e. The van der Waals surface area contributed by atoms with Gasteiger partial charge in [-0.3, -0.25) is 0 Å². The van der Waals surface area contributed by atoms with Crippen molar-refractivity contribution in [1.29, 1.82) is 0 Å². The van der Waals surface area contributed by atoms with Crippen molar-refractivity contribution in [2.75, 3.05) is 34.3 Å². The van der Waals surface area contributed by atoms with Gasteiger partial charge in [0.15, 0.2) is 5.96 Å². The zero-order valence-electron chi connectivity index (χ0n) is 17.4. The Labute approximate surface area is 186 Å². The molecule has 0 aliphatic heterocycles. The van der Waals surface area contributed by atoms with Crippen molar-refractivity contribution in [2.24, 2.45) is 4.99 Å². The fourth-order valence-electron chi connectivity index (χ4n) is 2.83. The van der Waals surface area contributed by atoms with Crippen LogP contribution in [0.25, 0.3) is 0 Å². The quantitative estimate of drug-likeness (QED) is 0.316. The Morgan fingerprint density at radius 3 is 2.29 bits per heavy atom. The Hall–Kier alpha value is -1.80. The number of halogens is 1. The summed E-state index contributed by atoms with van der Waals surface area (Å²) in [5.74, 6) is 1.74. The number of guanidine groups is 1. The third kappa shape index (κ3) is 8.48. The van der Waals surface area contributed by atoms with Crippen molar-refractivity contribution < 1.29 is 4.74 Å².